The molecule has 1 aliphatic rings. The molecular formula is C9H21N. The largest absolute Gasteiger partial charge is 0.316 e. The molecule has 1 rings (SSSR count). The van der Waals surface area contributed by atoms with E-state index in [-0.39, 0.29) is 0 Å². The second-order valence-electron chi connectivity index (χ2n) is 3.10. The van der Waals surface area contributed by atoms with Gasteiger partial charge in [0.25, 0.3) is 0 Å². The maximum absolute atomic E-state index is 3.38. The summed E-state index contributed by atoms with van der Waals surface area (Å²) in [5, 5.41) is 3.38. The van der Waals surface area contributed by atoms with Gasteiger partial charge in [-0.25, -0.2) is 0 Å². The van der Waals surface area contributed by atoms with Crippen LogP contribution in [-0.4, -0.2) is 13.1 Å². The smallest absolute Gasteiger partial charge is 0.00229 e. The van der Waals surface area contributed by atoms with Crippen LogP contribution >= 0.6 is 0 Å². The second-order valence-corrected chi connectivity index (χ2v) is 3.10. The van der Waals surface area contributed by atoms with Crippen molar-refractivity contribution in [2.24, 2.45) is 11.8 Å². The summed E-state index contributed by atoms with van der Waals surface area (Å²) in [6.45, 7) is 11.1. The average Bonchev–Trinajstić information content (AvgIpc) is 1.91. The summed E-state index contributed by atoms with van der Waals surface area (Å²) in [5.41, 5.74) is 0. The van der Waals surface area contributed by atoms with Gasteiger partial charge in [0.15, 0.2) is 0 Å². The van der Waals surface area contributed by atoms with Crippen LogP contribution in [0.4, 0.5) is 0 Å². The SMILES string of the molecule is CC.C[C@@H]1CNC[C@H](C)C1. The van der Waals surface area contributed by atoms with Gasteiger partial charge in [-0.15, -0.1) is 0 Å². The monoisotopic (exact) mass is 143 g/mol. The number of hydrogen-bond acceptors (Lipinski definition) is 1. The van der Waals surface area contributed by atoms with Crippen molar-refractivity contribution in [3.05, 3.63) is 0 Å². The Kier molecular flexibility index (Phi) is 5.70. The lowest BCUT2D eigenvalue weighted by molar-refractivity contribution is 0.321. The van der Waals surface area contributed by atoms with Gasteiger partial charge < -0.3 is 5.32 Å². The van der Waals surface area contributed by atoms with Crippen molar-refractivity contribution in [2.45, 2.75) is 34.1 Å². The fraction of sp³-hybridized carbons (Fsp3) is 1.00. The highest BCUT2D eigenvalue weighted by molar-refractivity contribution is 4.69. The van der Waals surface area contributed by atoms with Gasteiger partial charge in [0.1, 0.15) is 0 Å². The van der Waals surface area contributed by atoms with Crippen molar-refractivity contribution in [3.63, 3.8) is 0 Å². The Bertz CT molecular complexity index is 63.1. The van der Waals surface area contributed by atoms with E-state index in [2.05, 4.69) is 19.2 Å². The zero-order chi connectivity index (χ0) is 7.98. The summed E-state index contributed by atoms with van der Waals surface area (Å²) in [7, 11) is 0. The molecule has 0 aromatic rings. The molecule has 0 aromatic carbocycles. The molecule has 0 spiro atoms. The quantitative estimate of drug-likeness (QED) is 0.548. The summed E-state index contributed by atoms with van der Waals surface area (Å²) < 4.78 is 0. The van der Waals surface area contributed by atoms with Gasteiger partial charge in [0.2, 0.25) is 0 Å². The van der Waals surface area contributed by atoms with Crippen LogP contribution in [0.3, 0.4) is 0 Å². The fourth-order valence-corrected chi connectivity index (χ4v) is 1.43. The van der Waals surface area contributed by atoms with Crippen LogP contribution in [-0.2, 0) is 0 Å². The van der Waals surface area contributed by atoms with Crippen molar-refractivity contribution < 1.29 is 0 Å². The Morgan fingerprint density at radius 3 is 1.60 bits per heavy atom. The van der Waals surface area contributed by atoms with Crippen LogP contribution in [0, 0.1) is 11.8 Å². The molecule has 0 saturated carbocycles. The number of piperidine rings is 1. The molecule has 0 unspecified atom stereocenters. The molecule has 0 bridgehead atoms. The molecule has 10 heavy (non-hydrogen) atoms. The molecule has 0 radical (unpaired) electrons. The van der Waals surface area contributed by atoms with Gasteiger partial charge >= 0.3 is 0 Å². The third kappa shape index (κ3) is 3.89. The van der Waals surface area contributed by atoms with E-state index in [9.17, 15) is 0 Å². The summed E-state index contributed by atoms with van der Waals surface area (Å²) in [6, 6.07) is 0. The van der Waals surface area contributed by atoms with E-state index in [1.54, 1.807) is 0 Å². The Hall–Kier alpha value is -0.0400. The van der Waals surface area contributed by atoms with Crippen LogP contribution < -0.4 is 5.32 Å². The summed E-state index contributed by atoms with van der Waals surface area (Å²) in [4.78, 5) is 0. The molecule has 1 aliphatic heterocycles. The van der Waals surface area contributed by atoms with Crippen molar-refractivity contribution in [1.29, 1.82) is 0 Å². The molecule has 1 nitrogen and oxygen atoms in total. The normalized spacial score (nSPS) is 32.4. The summed E-state index contributed by atoms with van der Waals surface area (Å²) in [5.74, 6) is 1.80. The summed E-state index contributed by atoms with van der Waals surface area (Å²) in [6.07, 6.45) is 1.41. The van der Waals surface area contributed by atoms with E-state index in [4.69, 9.17) is 0 Å². The lowest BCUT2D eigenvalue weighted by Gasteiger charge is -2.24. The lowest BCUT2D eigenvalue weighted by atomic mass is 9.94. The molecule has 0 aliphatic carbocycles. The predicted octanol–water partition coefficient (Wildman–Crippen LogP) is 2.28. The molecule has 2 atom stereocenters. The first-order chi connectivity index (χ1) is 4.79. The highest BCUT2D eigenvalue weighted by Gasteiger charge is 2.12. The summed E-state index contributed by atoms with van der Waals surface area (Å²) >= 11 is 0. The van der Waals surface area contributed by atoms with E-state index < -0.39 is 0 Å². The molecular weight excluding hydrogens is 122 g/mol. The van der Waals surface area contributed by atoms with Gasteiger partial charge in [-0.05, 0) is 31.3 Å². The van der Waals surface area contributed by atoms with Crippen molar-refractivity contribution >= 4 is 0 Å². The van der Waals surface area contributed by atoms with Crippen molar-refractivity contribution in [1.82, 2.24) is 5.32 Å². The molecule has 0 amide bonds. The Morgan fingerprint density at radius 1 is 1.00 bits per heavy atom. The number of nitrogens with one attached hydrogen (secondary N) is 1. The number of rotatable bonds is 0. The first-order valence-corrected chi connectivity index (χ1v) is 4.49. The molecule has 1 N–H and O–H groups in total. The van der Waals surface area contributed by atoms with Crippen LogP contribution in [0.2, 0.25) is 0 Å². The molecule has 1 heterocycles. The maximum Gasteiger partial charge on any atom is -0.00229 e. The van der Waals surface area contributed by atoms with Gasteiger partial charge in [0.05, 0.1) is 0 Å². The molecule has 1 heteroatoms. The third-order valence-electron chi connectivity index (χ3n) is 1.79. The first kappa shape index (κ1) is 9.96. The highest BCUT2D eigenvalue weighted by atomic mass is 14.9. The topological polar surface area (TPSA) is 12.0 Å². The molecule has 0 aromatic heterocycles. The van der Waals surface area contributed by atoms with Gasteiger partial charge in [-0.1, -0.05) is 27.7 Å². The van der Waals surface area contributed by atoms with E-state index in [1.165, 1.54) is 19.5 Å². The van der Waals surface area contributed by atoms with Crippen molar-refractivity contribution in [2.75, 3.05) is 13.1 Å². The molecule has 1 fully saturated rings. The number of hydrogen-bond donors (Lipinski definition) is 1. The zero-order valence-electron chi connectivity index (χ0n) is 7.78. The van der Waals surface area contributed by atoms with Gasteiger partial charge in [-0.3, -0.25) is 0 Å². The minimum absolute atomic E-state index is 0.902. The van der Waals surface area contributed by atoms with Crippen molar-refractivity contribution in [3.8, 4) is 0 Å². The van der Waals surface area contributed by atoms with Crippen LogP contribution in [0.5, 0.6) is 0 Å². The Balaban J connectivity index is 0.000000371. The predicted molar refractivity (Wildman–Crippen MR) is 47.2 cm³/mol. The standard InChI is InChI=1S/C7H15N.C2H6/c1-6-3-7(2)5-8-4-6;1-2/h6-8H,3-5H2,1-2H3;1-2H3/t6-,7+;. The average molecular weight is 143 g/mol. The Morgan fingerprint density at radius 2 is 1.40 bits per heavy atom. The third-order valence-corrected chi connectivity index (χ3v) is 1.79. The van der Waals surface area contributed by atoms with Crippen LogP contribution in [0.1, 0.15) is 34.1 Å². The Labute approximate surface area is 65.2 Å². The minimum atomic E-state index is 0.902. The lowest BCUT2D eigenvalue weighted by Crippen LogP contribution is -2.33. The second kappa shape index (κ2) is 5.72. The molecule has 62 valence electrons. The minimum Gasteiger partial charge on any atom is -0.316 e. The van der Waals surface area contributed by atoms with E-state index >= 15 is 0 Å². The van der Waals surface area contributed by atoms with E-state index in [1.807, 2.05) is 13.8 Å². The molecule has 1 saturated heterocycles. The zero-order valence-corrected chi connectivity index (χ0v) is 7.78. The van der Waals surface area contributed by atoms with Gasteiger partial charge in [-0.2, -0.15) is 0 Å². The fourth-order valence-electron chi connectivity index (χ4n) is 1.43. The highest BCUT2D eigenvalue weighted by Crippen LogP contribution is 2.13. The van der Waals surface area contributed by atoms with E-state index in [0.29, 0.717) is 0 Å². The van der Waals surface area contributed by atoms with Crippen LogP contribution in [0.15, 0.2) is 0 Å². The van der Waals surface area contributed by atoms with E-state index in [0.717, 1.165) is 11.8 Å². The first-order valence-electron chi connectivity index (χ1n) is 4.49. The van der Waals surface area contributed by atoms with Gasteiger partial charge in [0, 0.05) is 0 Å². The van der Waals surface area contributed by atoms with Crippen LogP contribution in [0.25, 0.3) is 0 Å². The maximum atomic E-state index is 3.38.